The maximum atomic E-state index is 12.6. The number of aromatic nitrogens is 2. The van der Waals surface area contributed by atoms with Crippen LogP contribution in [0.4, 0.5) is 5.00 Å². The molecule has 0 bridgehead atoms. The monoisotopic (exact) mass is 454 g/mol. The first-order valence-electron chi connectivity index (χ1n) is 9.46. The Balaban J connectivity index is 1.72. The van der Waals surface area contributed by atoms with Crippen LogP contribution in [0.2, 0.25) is 5.15 Å². The minimum atomic E-state index is -1.12. The summed E-state index contributed by atoms with van der Waals surface area (Å²) in [7, 11) is 1.56. The number of carbonyl (C=O) groups is 3. The van der Waals surface area contributed by atoms with Crippen LogP contribution in [-0.4, -0.2) is 65.1 Å². The predicted molar refractivity (Wildman–Crippen MR) is 113 cm³/mol. The van der Waals surface area contributed by atoms with Crippen molar-refractivity contribution < 1.29 is 24.2 Å². The van der Waals surface area contributed by atoms with Gasteiger partial charge >= 0.3 is 5.97 Å². The summed E-state index contributed by atoms with van der Waals surface area (Å²) in [6, 6.07) is 1.36. The SMILES string of the molecule is CCc1[nH]c(C(=O)NC2CCN(c3cc(C(C)=O)c(C(=O)O)s3)CC2OC)nc1Cl. The first kappa shape index (κ1) is 22.3. The van der Waals surface area contributed by atoms with Gasteiger partial charge in [-0.25, -0.2) is 9.78 Å². The molecule has 0 aliphatic carbocycles. The van der Waals surface area contributed by atoms with E-state index in [0.29, 0.717) is 36.6 Å². The third-order valence-corrected chi connectivity index (χ3v) is 6.58. The van der Waals surface area contributed by atoms with Crippen LogP contribution in [0.25, 0.3) is 0 Å². The van der Waals surface area contributed by atoms with Crippen molar-refractivity contribution in [2.24, 2.45) is 0 Å². The zero-order valence-corrected chi connectivity index (χ0v) is 18.4. The van der Waals surface area contributed by atoms with E-state index < -0.39 is 5.97 Å². The molecule has 1 aliphatic rings. The number of hydrogen-bond donors (Lipinski definition) is 3. The van der Waals surface area contributed by atoms with E-state index in [4.69, 9.17) is 16.3 Å². The summed E-state index contributed by atoms with van der Waals surface area (Å²) >= 11 is 7.08. The number of aromatic amines is 1. The summed E-state index contributed by atoms with van der Waals surface area (Å²) < 4.78 is 5.58. The van der Waals surface area contributed by atoms with Gasteiger partial charge in [0.1, 0.15) is 4.88 Å². The molecule has 1 amide bonds. The van der Waals surface area contributed by atoms with Crippen molar-refractivity contribution in [2.75, 3.05) is 25.1 Å². The molecule has 2 aromatic rings. The van der Waals surface area contributed by atoms with Gasteiger partial charge in [-0.3, -0.25) is 9.59 Å². The number of ketones is 1. The molecule has 30 heavy (non-hydrogen) atoms. The molecule has 0 spiro atoms. The fraction of sp³-hybridized carbons (Fsp3) is 0.474. The average Bonchev–Trinajstić information content (AvgIpc) is 3.32. The molecule has 0 saturated carbocycles. The molecule has 9 nitrogen and oxygen atoms in total. The number of rotatable bonds is 7. The number of aryl methyl sites for hydroxylation is 1. The van der Waals surface area contributed by atoms with Crippen molar-refractivity contribution in [1.82, 2.24) is 15.3 Å². The summed E-state index contributed by atoms with van der Waals surface area (Å²) in [5.74, 6) is -1.61. The number of nitrogens with zero attached hydrogens (tertiary/aromatic N) is 2. The summed E-state index contributed by atoms with van der Waals surface area (Å²) in [5, 5.41) is 13.3. The predicted octanol–water partition coefficient (Wildman–Crippen LogP) is 2.61. The van der Waals surface area contributed by atoms with Crippen molar-refractivity contribution in [3.63, 3.8) is 0 Å². The second-order valence-corrected chi connectivity index (χ2v) is 8.37. The van der Waals surface area contributed by atoms with Crippen molar-refractivity contribution in [3.8, 4) is 0 Å². The van der Waals surface area contributed by atoms with Gasteiger partial charge in [-0.05, 0) is 25.8 Å². The lowest BCUT2D eigenvalue weighted by Gasteiger charge is -2.38. The molecule has 2 atom stereocenters. The number of ether oxygens (including phenoxy) is 1. The molecule has 1 aliphatic heterocycles. The maximum absolute atomic E-state index is 12.6. The molecule has 3 rings (SSSR count). The number of halogens is 1. The highest BCUT2D eigenvalue weighted by Crippen LogP contribution is 2.33. The first-order valence-corrected chi connectivity index (χ1v) is 10.7. The molecule has 3 N–H and O–H groups in total. The summed E-state index contributed by atoms with van der Waals surface area (Å²) in [6.07, 6.45) is 0.893. The number of carboxylic acid groups (broad SMARTS) is 1. The molecule has 0 aromatic carbocycles. The van der Waals surface area contributed by atoms with Crippen molar-refractivity contribution in [1.29, 1.82) is 0 Å². The van der Waals surface area contributed by atoms with E-state index in [1.165, 1.54) is 6.92 Å². The molecule has 162 valence electrons. The Hall–Kier alpha value is -2.43. The Morgan fingerprint density at radius 1 is 1.47 bits per heavy atom. The van der Waals surface area contributed by atoms with E-state index in [1.807, 2.05) is 11.8 Å². The van der Waals surface area contributed by atoms with E-state index in [1.54, 1.807) is 13.2 Å². The van der Waals surface area contributed by atoms with Gasteiger partial charge in [-0.2, -0.15) is 0 Å². The van der Waals surface area contributed by atoms with Crippen LogP contribution in [0.3, 0.4) is 0 Å². The number of anilines is 1. The normalized spacial score (nSPS) is 19.0. The summed E-state index contributed by atoms with van der Waals surface area (Å²) in [6.45, 7) is 4.27. The molecule has 1 saturated heterocycles. The van der Waals surface area contributed by atoms with Gasteiger partial charge in [0.2, 0.25) is 0 Å². The minimum absolute atomic E-state index is 0.0309. The largest absolute Gasteiger partial charge is 0.477 e. The zero-order valence-electron chi connectivity index (χ0n) is 16.8. The molecule has 2 unspecified atom stereocenters. The Morgan fingerprint density at radius 2 is 2.20 bits per heavy atom. The number of amides is 1. The quantitative estimate of drug-likeness (QED) is 0.549. The van der Waals surface area contributed by atoms with Crippen LogP contribution < -0.4 is 10.2 Å². The third-order valence-electron chi connectivity index (χ3n) is 5.08. The fourth-order valence-electron chi connectivity index (χ4n) is 3.44. The fourth-order valence-corrected chi connectivity index (χ4v) is 4.79. The third kappa shape index (κ3) is 4.50. The van der Waals surface area contributed by atoms with E-state index in [-0.39, 0.29) is 45.3 Å². The van der Waals surface area contributed by atoms with E-state index in [9.17, 15) is 19.5 Å². The van der Waals surface area contributed by atoms with E-state index in [2.05, 4.69) is 15.3 Å². The van der Waals surface area contributed by atoms with E-state index >= 15 is 0 Å². The lowest BCUT2D eigenvalue weighted by molar-refractivity contribution is 0.0539. The second-order valence-electron chi connectivity index (χ2n) is 6.99. The lowest BCUT2D eigenvalue weighted by Crippen LogP contribution is -2.55. The Morgan fingerprint density at radius 3 is 2.73 bits per heavy atom. The minimum Gasteiger partial charge on any atom is -0.477 e. The van der Waals surface area contributed by atoms with Crippen molar-refractivity contribution in [3.05, 3.63) is 33.2 Å². The first-order chi connectivity index (χ1) is 14.2. The second kappa shape index (κ2) is 9.15. The van der Waals surface area contributed by atoms with Crippen LogP contribution in [0.15, 0.2) is 6.07 Å². The van der Waals surface area contributed by atoms with Crippen LogP contribution in [0.1, 0.15) is 56.6 Å². The number of imidazole rings is 1. The van der Waals surface area contributed by atoms with Gasteiger partial charge in [0.15, 0.2) is 16.8 Å². The molecule has 2 aromatic heterocycles. The van der Waals surface area contributed by atoms with Gasteiger partial charge in [0, 0.05) is 25.8 Å². The van der Waals surface area contributed by atoms with Crippen LogP contribution >= 0.6 is 22.9 Å². The lowest BCUT2D eigenvalue weighted by atomic mass is 10.0. The molecular weight excluding hydrogens is 432 g/mol. The highest BCUT2D eigenvalue weighted by Gasteiger charge is 2.33. The molecule has 1 fully saturated rings. The van der Waals surface area contributed by atoms with Gasteiger partial charge in [0.25, 0.3) is 5.91 Å². The molecule has 11 heteroatoms. The van der Waals surface area contributed by atoms with Crippen LogP contribution in [0, 0.1) is 0 Å². The van der Waals surface area contributed by atoms with Gasteiger partial charge < -0.3 is 25.0 Å². The zero-order chi connectivity index (χ0) is 22.0. The molecule has 0 radical (unpaired) electrons. The number of thiophene rings is 1. The summed E-state index contributed by atoms with van der Waals surface area (Å²) in [5.41, 5.74) is 0.904. The smallest absolute Gasteiger partial charge is 0.346 e. The number of aromatic carboxylic acids is 1. The Labute approximate surface area is 182 Å². The number of Topliss-reactive ketones (excluding diaryl/α,β-unsaturated/α-hetero) is 1. The maximum Gasteiger partial charge on any atom is 0.346 e. The van der Waals surface area contributed by atoms with E-state index in [0.717, 1.165) is 11.3 Å². The van der Waals surface area contributed by atoms with Gasteiger partial charge in [-0.1, -0.05) is 18.5 Å². The van der Waals surface area contributed by atoms with Crippen molar-refractivity contribution in [2.45, 2.75) is 38.8 Å². The highest BCUT2D eigenvalue weighted by molar-refractivity contribution is 7.18. The van der Waals surface area contributed by atoms with Gasteiger partial charge in [-0.15, -0.1) is 11.3 Å². The van der Waals surface area contributed by atoms with Gasteiger partial charge in [0.05, 0.1) is 22.8 Å². The Kier molecular flexibility index (Phi) is 6.79. The molecular formula is C19H23ClN4O5S. The number of carboxylic acids is 1. The van der Waals surface area contributed by atoms with Crippen LogP contribution in [0.5, 0.6) is 0 Å². The Bertz CT molecular complexity index is 941. The number of nitrogens with one attached hydrogen (secondary N) is 2. The van der Waals surface area contributed by atoms with Crippen molar-refractivity contribution >= 4 is 45.6 Å². The number of carbonyl (C=O) groups excluding carboxylic acids is 2. The summed E-state index contributed by atoms with van der Waals surface area (Å²) in [4.78, 5) is 44.8. The number of H-pyrrole nitrogens is 1. The number of piperidine rings is 1. The number of methoxy groups -OCH3 is 1. The molecule has 3 heterocycles. The number of hydrogen-bond acceptors (Lipinski definition) is 7. The average molecular weight is 455 g/mol. The van der Waals surface area contributed by atoms with Crippen LogP contribution in [-0.2, 0) is 11.2 Å². The standard InChI is InChI=1S/C19H23ClN4O5S/c1-4-11-16(20)23-17(21-11)18(26)22-12-5-6-24(8-13(12)29-3)14-7-10(9(2)25)15(30-14)19(27)28/h7,12-13H,4-6,8H2,1-3H3,(H,21,23)(H,22,26)(H,27,28). The topological polar surface area (TPSA) is 125 Å². The highest BCUT2D eigenvalue weighted by atomic mass is 35.5.